The third kappa shape index (κ3) is 1.68. The lowest BCUT2D eigenvalue weighted by Crippen LogP contribution is -2.46. The summed E-state index contributed by atoms with van der Waals surface area (Å²) in [6, 6.07) is 9.01. The van der Waals surface area contributed by atoms with E-state index in [2.05, 4.69) is 24.3 Å². The monoisotopic (exact) mass is 286 g/mol. The minimum atomic E-state index is -0.271. The molecule has 0 bridgehead atoms. The fraction of sp³-hybridized carbons (Fsp3) is 0.588. The van der Waals surface area contributed by atoms with Crippen molar-refractivity contribution >= 4 is 6.02 Å². The van der Waals surface area contributed by atoms with Crippen molar-refractivity contribution < 1.29 is 9.47 Å². The molecule has 1 fully saturated rings. The van der Waals surface area contributed by atoms with Crippen LogP contribution in [-0.4, -0.2) is 25.8 Å². The molecular weight excluding hydrogens is 264 g/mol. The molecule has 4 rings (SSSR count). The second kappa shape index (κ2) is 4.47. The summed E-state index contributed by atoms with van der Waals surface area (Å²) in [7, 11) is 1.82. The Balaban J connectivity index is 1.79. The first-order chi connectivity index (χ1) is 10.2. The lowest BCUT2D eigenvalue weighted by molar-refractivity contribution is -0.00984. The molecule has 1 aromatic carbocycles. The molecule has 4 nitrogen and oxygen atoms in total. The highest BCUT2D eigenvalue weighted by Gasteiger charge is 2.61. The molecule has 2 aliphatic carbocycles. The first-order valence-corrected chi connectivity index (χ1v) is 7.78. The molecule has 1 unspecified atom stereocenters. The molecule has 0 amide bonds. The van der Waals surface area contributed by atoms with Crippen molar-refractivity contribution in [2.45, 2.75) is 43.7 Å². The third-order valence-corrected chi connectivity index (χ3v) is 5.82. The number of nitrogens with zero attached hydrogens (tertiary/aromatic N) is 1. The van der Waals surface area contributed by atoms with Gasteiger partial charge in [0.25, 0.3) is 6.02 Å². The highest BCUT2D eigenvalue weighted by atomic mass is 16.5. The molecule has 1 aromatic rings. The van der Waals surface area contributed by atoms with Crippen molar-refractivity contribution in [1.82, 2.24) is 0 Å². The molecule has 1 heterocycles. The van der Waals surface area contributed by atoms with Gasteiger partial charge < -0.3 is 15.2 Å². The Morgan fingerprint density at radius 1 is 1.29 bits per heavy atom. The van der Waals surface area contributed by atoms with Crippen LogP contribution < -0.4 is 5.73 Å². The number of hydrogen-bond acceptors (Lipinski definition) is 4. The normalized spacial score (nSPS) is 37.6. The van der Waals surface area contributed by atoms with E-state index in [4.69, 9.17) is 20.2 Å². The van der Waals surface area contributed by atoms with E-state index in [1.807, 2.05) is 7.11 Å². The molecule has 4 heteroatoms. The first-order valence-electron chi connectivity index (χ1n) is 7.78. The number of hydrogen-bond donors (Lipinski definition) is 1. The van der Waals surface area contributed by atoms with Gasteiger partial charge in [-0.05, 0) is 43.2 Å². The van der Waals surface area contributed by atoms with Crippen LogP contribution in [0.2, 0.25) is 0 Å². The average Bonchev–Trinajstić information content (AvgIpc) is 3.02. The quantitative estimate of drug-likeness (QED) is 0.862. The molecule has 1 aliphatic heterocycles. The molecule has 112 valence electrons. The van der Waals surface area contributed by atoms with Crippen LogP contribution in [-0.2, 0) is 21.4 Å². The van der Waals surface area contributed by atoms with E-state index in [9.17, 15) is 0 Å². The van der Waals surface area contributed by atoms with Crippen LogP contribution >= 0.6 is 0 Å². The van der Waals surface area contributed by atoms with Crippen LogP contribution in [0.4, 0.5) is 0 Å². The van der Waals surface area contributed by atoms with Gasteiger partial charge in [0.05, 0.1) is 6.10 Å². The number of amidine groups is 1. The van der Waals surface area contributed by atoms with Crippen molar-refractivity contribution in [3.05, 3.63) is 35.4 Å². The lowest BCUT2D eigenvalue weighted by atomic mass is 9.62. The van der Waals surface area contributed by atoms with Gasteiger partial charge in [-0.3, -0.25) is 0 Å². The first kappa shape index (κ1) is 13.1. The smallest absolute Gasteiger partial charge is 0.283 e. The van der Waals surface area contributed by atoms with Crippen molar-refractivity contribution in [2.75, 3.05) is 13.7 Å². The van der Waals surface area contributed by atoms with E-state index in [1.54, 1.807) is 0 Å². The summed E-state index contributed by atoms with van der Waals surface area (Å²) in [6.07, 6.45) is 5.92. The number of nitrogens with two attached hydrogens (primary N) is 1. The molecule has 21 heavy (non-hydrogen) atoms. The number of rotatable bonds is 1. The fourth-order valence-corrected chi connectivity index (χ4v) is 4.69. The van der Waals surface area contributed by atoms with Gasteiger partial charge in [-0.25, -0.2) is 4.99 Å². The molecule has 0 radical (unpaired) electrons. The molecule has 1 atom stereocenters. The van der Waals surface area contributed by atoms with Gasteiger partial charge in [-0.15, -0.1) is 0 Å². The number of benzene rings is 1. The zero-order valence-electron chi connectivity index (χ0n) is 12.5. The summed E-state index contributed by atoms with van der Waals surface area (Å²) in [5.74, 6) is 0. The maximum absolute atomic E-state index is 5.89. The molecule has 2 N–H and O–H groups in total. The van der Waals surface area contributed by atoms with Crippen LogP contribution in [0, 0.1) is 5.41 Å². The largest absolute Gasteiger partial charge is 0.462 e. The van der Waals surface area contributed by atoms with Crippen LogP contribution in [0.3, 0.4) is 0 Å². The number of ether oxygens (including phenoxy) is 2. The third-order valence-electron chi connectivity index (χ3n) is 5.82. The van der Waals surface area contributed by atoms with Crippen LogP contribution in [0.1, 0.15) is 36.8 Å². The second-order valence-electron chi connectivity index (χ2n) is 6.65. The second-order valence-corrected chi connectivity index (χ2v) is 6.65. The van der Waals surface area contributed by atoms with Gasteiger partial charge in [-0.2, -0.15) is 0 Å². The van der Waals surface area contributed by atoms with Gasteiger partial charge in [0.1, 0.15) is 12.1 Å². The average molecular weight is 286 g/mol. The summed E-state index contributed by atoms with van der Waals surface area (Å²) in [5.41, 5.74) is 8.50. The molecule has 0 saturated heterocycles. The van der Waals surface area contributed by atoms with Crippen LogP contribution in [0.15, 0.2) is 29.3 Å². The predicted molar refractivity (Wildman–Crippen MR) is 81.1 cm³/mol. The summed E-state index contributed by atoms with van der Waals surface area (Å²) < 4.78 is 11.2. The van der Waals surface area contributed by atoms with E-state index in [0.717, 1.165) is 32.1 Å². The Kier molecular flexibility index (Phi) is 2.80. The summed E-state index contributed by atoms with van der Waals surface area (Å²) in [6.45, 7) is 0.591. The van der Waals surface area contributed by atoms with Crippen molar-refractivity contribution in [3.63, 3.8) is 0 Å². The van der Waals surface area contributed by atoms with E-state index >= 15 is 0 Å². The Labute approximate surface area is 125 Å². The van der Waals surface area contributed by atoms with Crippen molar-refractivity contribution in [1.29, 1.82) is 0 Å². The Hall–Kier alpha value is -1.55. The van der Waals surface area contributed by atoms with Crippen molar-refractivity contribution in [3.8, 4) is 0 Å². The van der Waals surface area contributed by atoms with Gasteiger partial charge in [0, 0.05) is 12.5 Å². The highest BCUT2D eigenvalue weighted by Crippen LogP contribution is 2.60. The summed E-state index contributed by atoms with van der Waals surface area (Å²) in [4.78, 5) is 4.82. The maximum atomic E-state index is 5.89. The highest BCUT2D eigenvalue weighted by molar-refractivity contribution is 5.75. The zero-order chi connectivity index (χ0) is 14.5. The lowest BCUT2D eigenvalue weighted by Gasteiger charge is -2.45. The van der Waals surface area contributed by atoms with Gasteiger partial charge >= 0.3 is 0 Å². The molecular formula is C17H22N2O2. The Bertz CT molecular complexity index is 590. The van der Waals surface area contributed by atoms with Gasteiger partial charge in [0.2, 0.25) is 0 Å². The minimum Gasteiger partial charge on any atom is -0.462 e. The molecule has 3 aliphatic rings. The summed E-state index contributed by atoms with van der Waals surface area (Å²) >= 11 is 0. The Morgan fingerprint density at radius 3 is 2.71 bits per heavy atom. The SMILES string of the molecule is CO[C@H]1CC[C@]2(CC1)Cc1ccccc1C21COC(N)=N1. The summed E-state index contributed by atoms with van der Waals surface area (Å²) in [5, 5.41) is 0. The molecule has 0 aromatic heterocycles. The number of aliphatic imine (C=N–C) groups is 1. The van der Waals surface area contributed by atoms with Gasteiger partial charge in [-0.1, -0.05) is 24.3 Å². The van der Waals surface area contributed by atoms with Crippen LogP contribution in [0.5, 0.6) is 0 Å². The Morgan fingerprint density at radius 2 is 2.05 bits per heavy atom. The standard InChI is InChI=1S/C17H22N2O2/c1-20-13-6-8-16(9-7-13)10-12-4-2-3-5-14(12)17(16)11-21-15(18)19-17/h2-5,13H,6-11H2,1H3,(H2,18,19)/t13-,16-,17?. The van der Waals surface area contributed by atoms with E-state index in [1.165, 1.54) is 11.1 Å². The number of methoxy groups -OCH3 is 1. The maximum Gasteiger partial charge on any atom is 0.283 e. The van der Waals surface area contributed by atoms with Gasteiger partial charge in [0.15, 0.2) is 0 Å². The van der Waals surface area contributed by atoms with E-state index in [0.29, 0.717) is 18.7 Å². The fourth-order valence-electron chi connectivity index (χ4n) is 4.69. The topological polar surface area (TPSA) is 56.8 Å². The van der Waals surface area contributed by atoms with Crippen LogP contribution in [0.25, 0.3) is 0 Å². The zero-order valence-corrected chi connectivity index (χ0v) is 12.5. The predicted octanol–water partition coefficient (Wildman–Crippen LogP) is 2.36. The van der Waals surface area contributed by atoms with E-state index < -0.39 is 0 Å². The van der Waals surface area contributed by atoms with Crippen molar-refractivity contribution in [2.24, 2.45) is 16.1 Å². The minimum absolute atomic E-state index is 0.146. The molecule has 2 spiro atoms. The van der Waals surface area contributed by atoms with E-state index in [-0.39, 0.29) is 11.0 Å². The number of fused-ring (bicyclic) bond motifs is 3. The molecule has 1 saturated carbocycles.